The molecule has 1 rings (SSSR count). The molecule has 0 heterocycles. The molecule has 0 fully saturated rings. The lowest BCUT2D eigenvalue weighted by Crippen LogP contribution is -2.09. The van der Waals surface area contributed by atoms with Crippen LogP contribution >= 0.6 is 11.8 Å². The smallest absolute Gasteiger partial charge is 0.160 e. The monoisotopic (exact) mass is 226 g/mol. The third-order valence-corrected chi connectivity index (χ3v) is 2.93. The second-order valence-electron chi connectivity index (χ2n) is 2.98. The van der Waals surface area contributed by atoms with E-state index in [1.165, 1.54) is 6.07 Å². The minimum atomic E-state index is -0.254. The molecule has 0 bridgehead atoms. The summed E-state index contributed by atoms with van der Waals surface area (Å²) in [5.74, 6) is 0.726. The highest BCUT2D eigenvalue weighted by Crippen LogP contribution is 2.15. The van der Waals surface area contributed by atoms with E-state index >= 15 is 0 Å². The molecule has 1 aromatic carbocycles. The molecule has 0 atom stereocenters. The second-order valence-corrected chi connectivity index (χ2v) is 4.07. The number of amidine groups is 1. The van der Waals surface area contributed by atoms with E-state index in [-0.39, 0.29) is 5.82 Å². The van der Waals surface area contributed by atoms with Gasteiger partial charge in [-0.05, 0) is 18.6 Å². The van der Waals surface area contributed by atoms with Crippen LogP contribution in [0, 0.1) is 5.82 Å². The first kappa shape index (κ1) is 12.0. The number of benzene rings is 1. The van der Waals surface area contributed by atoms with Crippen molar-refractivity contribution in [1.29, 1.82) is 0 Å². The average molecular weight is 226 g/mol. The van der Waals surface area contributed by atoms with Gasteiger partial charge in [-0.25, -0.2) is 4.39 Å². The van der Waals surface area contributed by atoms with Crippen molar-refractivity contribution in [2.75, 3.05) is 18.1 Å². The van der Waals surface area contributed by atoms with Gasteiger partial charge in [-0.15, -0.1) is 0 Å². The van der Waals surface area contributed by atoms with Gasteiger partial charge >= 0.3 is 0 Å². The molecule has 0 aliphatic carbocycles. The number of para-hydroxylation sites is 1. The first-order valence-electron chi connectivity index (χ1n) is 4.89. The van der Waals surface area contributed by atoms with Gasteiger partial charge in [-0.3, -0.25) is 4.99 Å². The summed E-state index contributed by atoms with van der Waals surface area (Å²) in [5.41, 5.74) is 0.474. The number of hydrogen-bond acceptors (Lipinski definition) is 2. The SMILES string of the molecule is CCCSC(=NC)Nc1ccccc1F. The zero-order valence-corrected chi connectivity index (χ0v) is 9.77. The van der Waals surface area contributed by atoms with Crippen LogP contribution in [0.15, 0.2) is 29.3 Å². The second kappa shape index (κ2) is 6.45. The largest absolute Gasteiger partial charge is 0.333 e. The quantitative estimate of drug-likeness (QED) is 0.631. The lowest BCUT2D eigenvalue weighted by molar-refractivity contribution is 0.632. The van der Waals surface area contributed by atoms with Crippen LogP contribution in [0.5, 0.6) is 0 Å². The maximum absolute atomic E-state index is 13.3. The minimum absolute atomic E-state index is 0.254. The number of thioether (sulfide) groups is 1. The van der Waals surface area contributed by atoms with Gasteiger partial charge in [-0.1, -0.05) is 30.8 Å². The molecule has 0 amide bonds. The molecule has 1 N–H and O–H groups in total. The molecule has 0 aliphatic heterocycles. The molecule has 1 aromatic rings. The van der Waals surface area contributed by atoms with E-state index in [4.69, 9.17) is 0 Å². The number of anilines is 1. The fourth-order valence-electron chi connectivity index (χ4n) is 1.03. The Morgan fingerprint density at radius 1 is 1.47 bits per heavy atom. The number of nitrogens with zero attached hydrogens (tertiary/aromatic N) is 1. The van der Waals surface area contributed by atoms with Crippen LogP contribution in [0.25, 0.3) is 0 Å². The Bertz CT molecular complexity index is 339. The molecule has 0 aromatic heterocycles. The number of halogens is 1. The predicted octanol–water partition coefficient (Wildman–Crippen LogP) is 3.37. The molecule has 4 heteroatoms. The molecule has 2 nitrogen and oxygen atoms in total. The highest BCUT2D eigenvalue weighted by molar-refractivity contribution is 8.14. The zero-order valence-electron chi connectivity index (χ0n) is 8.96. The maximum atomic E-state index is 13.3. The summed E-state index contributed by atoms with van der Waals surface area (Å²) in [5, 5.41) is 3.72. The van der Waals surface area contributed by atoms with E-state index in [0.29, 0.717) is 5.69 Å². The molecule has 0 saturated carbocycles. The van der Waals surface area contributed by atoms with Crippen LogP contribution in [-0.2, 0) is 0 Å². The van der Waals surface area contributed by atoms with Crippen molar-refractivity contribution in [2.45, 2.75) is 13.3 Å². The summed E-state index contributed by atoms with van der Waals surface area (Å²) >= 11 is 1.60. The van der Waals surface area contributed by atoms with Crippen molar-refractivity contribution in [3.05, 3.63) is 30.1 Å². The van der Waals surface area contributed by atoms with E-state index in [0.717, 1.165) is 17.3 Å². The Morgan fingerprint density at radius 3 is 2.80 bits per heavy atom. The minimum Gasteiger partial charge on any atom is -0.333 e. The fraction of sp³-hybridized carbons (Fsp3) is 0.364. The molecule has 82 valence electrons. The maximum Gasteiger partial charge on any atom is 0.160 e. The van der Waals surface area contributed by atoms with Crippen LogP contribution in [0.2, 0.25) is 0 Å². The van der Waals surface area contributed by atoms with Crippen LogP contribution in [0.1, 0.15) is 13.3 Å². The number of nitrogens with one attached hydrogen (secondary N) is 1. The van der Waals surface area contributed by atoms with E-state index in [2.05, 4.69) is 17.2 Å². The third-order valence-electron chi connectivity index (χ3n) is 1.76. The molecule has 0 spiro atoms. The fourth-order valence-corrected chi connectivity index (χ4v) is 1.74. The molecule has 0 radical (unpaired) electrons. The Hall–Kier alpha value is -1.03. The van der Waals surface area contributed by atoms with Gasteiger partial charge in [0.15, 0.2) is 5.17 Å². The summed E-state index contributed by atoms with van der Waals surface area (Å²) in [4.78, 5) is 4.06. The standard InChI is InChI=1S/C11H15FN2S/c1-3-8-15-11(13-2)14-10-7-5-4-6-9(10)12/h4-7H,3,8H2,1-2H3,(H,13,14). The van der Waals surface area contributed by atoms with Gasteiger partial charge < -0.3 is 5.32 Å². The Kier molecular flexibility index (Phi) is 5.18. The van der Waals surface area contributed by atoms with Gasteiger partial charge in [0, 0.05) is 12.8 Å². The first-order valence-corrected chi connectivity index (χ1v) is 5.87. The molecule has 15 heavy (non-hydrogen) atoms. The molecular weight excluding hydrogens is 211 g/mol. The van der Waals surface area contributed by atoms with Crippen LogP contribution in [0.3, 0.4) is 0 Å². The van der Waals surface area contributed by atoms with Crippen molar-refractivity contribution in [1.82, 2.24) is 0 Å². The first-order chi connectivity index (χ1) is 7.27. The Morgan fingerprint density at radius 2 is 2.20 bits per heavy atom. The lowest BCUT2D eigenvalue weighted by Gasteiger charge is -2.08. The van der Waals surface area contributed by atoms with Crippen molar-refractivity contribution in [2.24, 2.45) is 4.99 Å². The number of aliphatic imine (C=N–C) groups is 1. The van der Waals surface area contributed by atoms with Crippen molar-refractivity contribution >= 4 is 22.6 Å². The summed E-state index contributed by atoms with van der Waals surface area (Å²) in [7, 11) is 1.70. The molecule has 0 saturated heterocycles. The van der Waals surface area contributed by atoms with Gasteiger partial charge in [-0.2, -0.15) is 0 Å². The third kappa shape index (κ3) is 3.91. The van der Waals surface area contributed by atoms with E-state index in [1.54, 1.807) is 37.0 Å². The van der Waals surface area contributed by atoms with Crippen LogP contribution < -0.4 is 5.32 Å². The van der Waals surface area contributed by atoms with E-state index in [9.17, 15) is 4.39 Å². The number of hydrogen-bond donors (Lipinski definition) is 1. The lowest BCUT2D eigenvalue weighted by atomic mass is 10.3. The molecular formula is C11H15FN2S. The summed E-state index contributed by atoms with van der Waals surface area (Å²) in [6.45, 7) is 2.10. The topological polar surface area (TPSA) is 24.4 Å². The van der Waals surface area contributed by atoms with Gasteiger partial charge in [0.2, 0.25) is 0 Å². The zero-order chi connectivity index (χ0) is 11.1. The van der Waals surface area contributed by atoms with Crippen molar-refractivity contribution in [3.63, 3.8) is 0 Å². The summed E-state index contributed by atoms with van der Waals surface area (Å²) in [6, 6.07) is 6.60. The van der Waals surface area contributed by atoms with Crippen LogP contribution in [-0.4, -0.2) is 18.0 Å². The Balaban J connectivity index is 2.63. The van der Waals surface area contributed by atoms with Gasteiger partial charge in [0.25, 0.3) is 0 Å². The molecule has 0 unspecified atom stereocenters. The highest BCUT2D eigenvalue weighted by Gasteiger charge is 2.03. The summed E-state index contributed by atoms with van der Waals surface area (Å²) in [6.07, 6.45) is 1.07. The van der Waals surface area contributed by atoms with Crippen molar-refractivity contribution in [3.8, 4) is 0 Å². The predicted molar refractivity (Wildman–Crippen MR) is 66.1 cm³/mol. The van der Waals surface area contributed by atoms with Crippen molar-refractivity contribution < 1.29 is 4.39 Å². The highest BCUT2D eigenvalue weighted by atomic mass is 32.2. The van der Waals surface area contributed by atoms with E-state index < -0.39 is 0 Å². The van der Waals surface area contributed by atoms with Gasteiger partial charge in [0.05, 0.1) is 5.69 Å². The molecule has 0 aliphatic rings. The van der Waals surface area contributed by atoms with Crippen LogP contribution in [0.4, 0.5) is 10.1 Å². The number of rotatable bonds is 3. The summed E-state index contributed by atoms with van der Waals surface area (Å²) < 4.78 is 13.3. The van der Waals surface area contributed by atoms with E-state index in [1.807, 2.05) is 0 Å². The normalized spacial score (nSPS) is 11.5. The van der Waals surface area contributed by atoms with Gasteiger partial charge in [0.1, 0.15) is 5.82 Å². The Labute approximate surface area is 94.0 Å². The average Bonchev–Trinajstić information content (AvgIpc) is 2.26.